The lowest BCUT2D eigenvalue weighted by Gasteiger charge is -2.23. The number of hydrogen-bond acceptors (Lipinski definition) is 4. The van der Waals surface area contributed by atoms with E-state index in [9.17, 15) is 0 Å². The molecule has 0 spiro atoms. The van der Waals surface area contributed by atoms with Crippen molar-refractivity contribution in [2.75, 3.05) is 12.0 Å². The first-order chi connectivity index (χ1) is 9.26. The lowest BCUT2D eigenvalue weighted by molar-refractivity contribution is 0.397. The fourth-order valence-corrected chi connectivity index (χ4v) is 2.85. The Kier molecular flexibility index (Phi) is 5.10. The van der Waals surface area contributed by atoms with Crippen molar-refractivity contribution < 1.29 is 4.42 Å². The molecule has 0 aromatic carbocycles. The van der Waals surface area contributed by atoms with Gasteiger partial charge in [0.1, 0.15) is 17.6 Å². The van der Waals surface area contributed by atoms with Gasteiger partial charge in [0.05, 0.1) is 6.26 Å². The molecule has 104 valence electrons. The maximum atomic E-state index is 5.58. The monoisotopic (exact) mass is 279 g/mol. The van der Waals surface area contributed by atoms with Crippen LogP contribution in [-0.2, 0) is 7.05 Å². The smallest absolute Gasteiger partial charge is 0.133 e. The van der Waals surface area contributed by atoms with Crippen LogP contribution in [0.1, 0.15) is 31.0 Å². The number of furan rings is 1. The first kappa shape index (κ1) is 14.2. The molecule has 5 heteroatoms. The molecule has 0 radical (unpaired) electrons. The zero-order valence-electron chi connectivity index (χ0n) is 11.7. The van der Waals surface area contributed by atoms with Crippen molar-refractivity contribution in [2.24, 2.45) is 7.05 Å². The number of nitrogens with zero attached hydrogens (tertiary/aromatic N) is 2. The summed E-state index contributed by atoms with van der Waals surface area (Å²) in [6.07, 6.45) is 8.71. The van der Waals surface area contributed by atoms with Crippen LogP contribution in [0.4, 0.5) is 0 Å². The maximum absolute atomic E-state index is 5.58. The molecule has 0 saturated carbocycles. The molecule has 2 unspecified atom stereocenters. The Hall–Kier alpha value is -1.20. The number of imidazole rings is 1. The summed E-state index contributed by atoms with van der Waals surface area (Å²) in [4.78, 5) is 4.45. The number of aryl methyl sites for hydroxylation is 1. The highest BCUT2D eigenvalue weighted by atomic mass is 32.2. The van der Waals surface area contributed by atoms with Crippen LogP contribution in [0.3, 0.4) is 0 Å². The van der Waals surface area contributed by atoms with E-state index >= 15 is 0 Å². The van der Waals surface area contributed by atoms with Gasteiger partial charge in [-0.3, -0.25) is 5.32 Å². The summed E-state index contributed by atoms with van der Waals surface area (Å²) in [6.45, 7) is 2.20. The van der Waals surface area contributed by atoms with E-state index in [1.165, 1.54) is 0 Å². The summed E-state index contributed by atoms with van der Waals surface area (Å²) in [5, 5.41) is 3.65. The predicted molar refractivity (Wildman–Crippen MR) is 79.4 cm³/mol. The lowest BCUT2D eigenvalue weighted by Crippen LogP contribution is -2.36. The SMILES string of the molecule is CCC(CSC)NC(c1ccco1)c1nccn1C. The summed E-state index contributed by atoms with van der Waals surface area (Å²) in [6, 6.07) is 4.37. The normalized spacial score (nSPS) is 14.5. The second kappa shape index (κ2) is 6.82. The second-order valence-corrected chi connectivity index (χ2v) is 5.48. The average molecular weight is 279 g/mol. The molecule has 0 amide bonds. The van der Waals surface area contributed by atoms with Crippen LogP contribution in [0.25, 0.3) is 0 Å². The highest BCUT2D eigenvalue weighted by Crippen LogP contribution is 2.22. The van der Waals surface area contributed by atoms with Crippen LogP contribution < -0.4 is 5.32 Å². The lowest BCUT2D eigenvalue weighted by atomic mass is 10.1. The Balaban J connectivity index is 2.23. The van der Waals surface area contributed by atoms with Crippen LogP contribution in [-0.4, -0.2) is 27.6 Å². The molecule has 2 heterocycles. The van der Waals surface area contributed by atoms with Gasteiger partial charge in [0.2, 0.25) is 0 Å². The van der Waals surface area contributed by atoms with Crippen LogP contribution in [0, 0.1) is 0 Å². The van der Waals surface area contributed by atoms with Gasteiger partial charge in [-0.05, 0) is 24.8 Å². The van der Waals surface area contributed by atoms with Gasteiger partial charge in [-0.25, -0.2) is 4.98 Å². The number of nitrogens with one attached hydrogen (secondary N) is 1. The molecule has 0 aliphatic heterocycles. The third-order valence-electron chi connectivity index (χ3n) is 3.21. The number of rotatable bonds is 7. The highest BCUT2D eigenvalue weighted by molar-refractivity contribution is 7.98. The van der Waals surface area contributed by atoms with Crippen molar-refractivity contribution in [2.45, 2.75) is 25.4 Å². The summed E-state index contributed by atoms with van der Waals surface area (Å²) in [5.41, 5.74) is 0. The highest BCUT2D eigenvalue weighted by Gasteiger charge is 2.23. The number of hydrogen-bond donors (Lipinski definition) is 1. The van der Waals surface area contributed by atoms with E-state index in [2.05, 4.69) is 23.5 Å². The average Bonchev–Trinajstić information content (AvgIpc) is 3.06. The fraction of sp³-hybridized carbons (Fsp3) is 0.500. The van der Waals surface area contributed by atoms with Gasteiger partial charge in [-0.1, -0.05) is 6.92 Å². The predicted octanol–water partition coefficient (Wildman–Crippen LogP) is 2.83. The molecule has 2 aromatic rings. The van der Waals surface area contributed by atoms with Gasteiger partial charge >= 0.3 is 0 Å². The van der Waals surface area contributed by atoms with E-state index in [1.54, 1.807) is 6.26 Å². The largest absolute Gasteiger partial charge is 0.467 e. The molecule has 0 bridgehead atoms. The molecule has 1 N–H and O–H groups in total. The topological polar surface area (TPSA) is 43.0 Å². The van der Waals surface area contributed by atoms with E-state index in [-0.39, 0.29) is 6.04 Å². The van der Waals surface area contributed by atoms with Gasteiger partial charge < -0.3 is 8.98 Å². The Labute approximate surface area is 118 Å². The van der Waals surface area contributed by atoms with E-state index in [0.29, 0.717) is 6.04 Å². The first-order valence-electron chi connectivity index (χ1n) is 6.51. The third kappa shape index (κ3) is 3.42. The van der Waals surface area contributed by atoms with Crippen molar-refractivity contribution in [3.05, 3.63) is 42.4 Å². The van der Waals surface area contributed by atoms with E-state index in [4.69, 9.17) is 4.42 Å². The fourth-order valence-electron chi connectivity index (χ4n) is 2.12. The molecule has 2 aromatic heterocycles. The van der Waals surface area contributed by atoms with Gasteiger partial charge in [0.15, 0.2) is 0 Å². The molecule has 0 fully saturated rings. The molecule has 2 rings (SSSR count). The Bertz CT molecular complexity index is 481. The first-order valence-corrected chi connectivity index (χ1v) is 7.91. The summed E-state index contributed by atoms with van der Waals surface area (Å²) in [5.74, 6) is 2.97. The van der Waals surface area contributed by atoms with Crippen LogP contribution in [0.15, 0.2) is 35.2 Å². The minimum atomic E-state index is 0.00657. The van der Waals surface area contributed by atoms with Gasteiger partial charge in [0, 0.05) is 31.2 Å². The molecule has 0 saturated heterocycles. The Morgan fingerprint density at radius 2 is 2.37 bits per heavy atom. The van der Waals surface area contributed by atoms with Gasteiger partial charge in [-0.15, -0.1) is 0 Å². The standard InChI is InChI=1S/C14H21N3OS/c1-4-11(10-19-3)16-13(12-6-5-9-18-12)14-15-7-8-17(14)2/h5-9,11,13,16H,4,10H2,1-3H3. The molecular formula is C14H21N3OS. The number of thioether (sulfide) groups is 1. The van der Waals surface area contributed by atoms with Crippen molar-refractivity contribution in [3.63, 3.8) is 0 Å². The summed E-state index contributed by atoms with van der Waals surface area (Å²) < 4.78 is 7.61. The minimum absolute atomic E-state index is 0.00657. The number of aromatic nitrogens is 2. The van der Waals surface area contributed by atoms with Crippen molar-refractivity contribution in [1.29, 1.82) is 0 Å². The minimum Gasteiger partial charge on any atom is -0.467 e. The Morgan fingerprint density at radius 3 is 2.89 bits per heavy atom. The summed E-state index contributed by atoms with van der Waals surface area (Å²) in [7, 11) is 2.01. The Morgan fingerprint density at radius 1 is 1.53 bits per heavy atom. The van der Waals surface area contributed by atoms with Crippen molar-refractivity contribution in [3.8, 4) is 0 Å². The molecule has 2 atom stereocenters. The van der Waals surface area contributed by atoms with Crippen LogP contribution >= 0.6 is 11.8 Å². The van der Waals surface area contributed by atoms with Crippen molar-refractivity contribution >= 4 is 11.8 Å². The molecule has 0 aliphatic carbocycles. The quantitative estimate of drug-likeness (QED) is 0.846. The van der Waals surface area contributed by atoms with Crippen LogP contribution in [0.2, 0.25) is 0 Å². The molecule has 0 aliphatic rings. The summed E-state index contributed by atoms with van der Waals surface area (Å²) >= 11 is 1.85. The van der Waals surface area contributed by atoms with Gasteiger partial charge in [-0.2, -0.15) is 11.8 Å². The van der Waals surface area contributed by atoms with E-state index in [0.717, 1.165) is 23.8 Å². The second-order valence-electron chi connectivity index (χ2n) is 4.57. The zero-order chi connectivity index (χ0) is 13.7. The van der Waals surface area contributed by atoms with Crippen molar-refractivity contribution in [1.82, 2.24) is 14.9 Å². The zero-order valence-corrected chi connectivity index (χ0v) is 12.5. The van der Waals surface area contributed by atoms with Gasteiger partial charge in [0.25, 0.3) is 0 Å². The maximum Gasteiger partial charge on any atom is 0.133 e. The third-order valence-corrected chi connectivity index (χ3v) is 3.94. The van der Waals surface area contributed by atoms with E-state index in [1.807, 2.05) is 47.9 Å². The van der Waals surface area contributed by atoms with Crippen LogP contribution in [0.5, 0.6) is 0 Å². The molecule has 4 nitrogen and oxygen atoms in total. The van der Waals surface area contributed by atoms with E-state index < -0.39 is 0 Å². The molecular weight excluding hydrogens is 258 g/mol. The molecule has 19 heavy (non-hydrogen) atoms.